The van der Waals surface area contributed by atoms with Gasteiger partial charge >= 0.3 is 0 Å². The van der Waals surface area contributed by atoms with Gasteiger partial charge < -0.3 is 14.8 Å². The van der Waals surface area contributed by atoms with Crippen molar-refractivity contribution >= 4 is 11.6 Å². The molecule has 7 nitrogen and oxygen atoms in total. The second kappa shape index (κ2) is 6.63. The second-order valence-electron chi connectivity index (χ2n) is 5.22. The van der Waals surface area contributed by atoms with Crippen LogP contribution in [0, 0.1) is 12.7 Å². The molecule has 8 heteroatoms. The smallest absolute Gasteiger partial charge is 0.277 e. The predicted octanol–water partition coefficient (Wildman–Crippen LogP) is 2.30. The number of aliphatic hydroxyl groups excluding tert-OH is 1. The van der Waals surface area contributed by atoms with E-state index in [4.69, 9.17) is 4.42 Å². The molecule has 1 aromatic carbocycles. The molecule has 0 saturated carbocycles. The maximum absolute atomic E-state index is 13.5. The molecular weight excluding hydrogens is 315 g/mol. The van der Waals surface area contributed by atoms with Gasteiger partial charge in [-0.05, 0) is 31.2 Å². The van der Waals surface area contributed by atoms with Crippen LogP contribution in [0.15, 0.2) is 47.2 Å². The van der Waals surface area contributed by atoms with Gasteiger partial charge in [0, 0.05) is 11.3 Å². The lowest BCUT2D eigenvalue weighted by atomic mass is 10.2. The summed E-state index contributed by atoms with van der Waals surface area (Å²) in [5.74, 6) is -0.521. The molecule has 0 aliphatic heterocycles. The number of benzene rings is 1. The zero-order valence-electron chi connectivity index (χ0n) is 12.8. The van der Waals surface area contributed by atoms with Crippen LogP contribution in [0.4, 0.5) is 10.1 Å². The van der Waals surface area contributed by atoms with Crippen molar-refractivity contribution in [1.82, 2.24) is 15.0 Å². The monoisotopic (exact) mass is 330 g/mol. The fourth-order valence-electron chi connectivity index (χ4n) is 2.17. The summed E-state index contributed by atoms with van der Waals surface area (Å²) in [5, 5.41) is 20.1. The van der Waals surface area contributed by atoms with E-state index in [-0.39, 0.29) is 12.2 Å². The first kappa shape index (κ1) is 15.9. The highest BCUT2D eigenvalue weighted by Crippen LogP contribution is 2.18. The summed E-state index contributed by atoms with van der Waals surface area (Å²) in [5.41, 5.74) is 0.766. The minimum atomic E-state index is -0.900. The molecule has 2 heterocycles. The molecule has 1 unspecified atom stereocenters. The van der Waals surface area contributed by atoms with Crippen molar-refractivity contribution in [2.75, 3.05) is 5.32 Å². The number of anilines is 1. The molecular formula is C16H15FN4O3. The number of amides is 1. The van der Waals surface area contributed by atoms with Crippen LogP contribution in [0.3, 0.4) is 0 Å². The summed E-state index contributed by atoms with van der Waals surface area (Å²) in [7, 11) is 0. The number of carbonyl (C=O) groups is 1. The van der Waals surface area contributed by atoms with Crippen LogP contribution in [0.2, 0.25) is 0 Å². The van der Waals surface area contributed by atoms with Gasteiger partial charge in [0.25, 0.3) is 5.91 Å². The number of nitrogens with zero attached hydrogens (tertiary/aromatic N) is 3. The van der Waals surface area contributed by atoms with Gasteiger partial charge in [-0.25, -0.2) is 9.07 Å². The van der Waals surface area contributed by atoms with Crippen LogP contribution >= 0.6 is 0 Å². The molecule has 2 N–H and O–H groups in total. The third kappa shape index (κ3) is 3.33. The fraction of sp³-hybridized carbons (Fsp3) is 0.188. The van der Waals surface area contributed by atoms with Crippen molar-refractivity contribution in [3.63, 3.8) is 0 Å². The highest BCUT2D eigenvalue weighted by molar-refractivity contribution is 6.03. The lowest BCUT2D eigenvalue weighted by Crippen LogP contribution is -2.14. The van der Waals surface area contributed by atoms with Crippen LogP contribution < -0.4 is 5.32 Å². The summed E-state index contributed by atoms with van der Waals surface area (Å²) in [6.07, 6.45) is 1.96. The Morgan fingerprint density at radius 2 is 2.25 bits per heavy atom. The van der Waals surface area contributed by atoms with E-state index < -0.39 is 17.8 Å². The fourth-order valence-corrected chi connectivity index (χ4v) is 2.17. The zero-order chi connectivity index (χ0) is 17.1. The molecule has 0 saturated heterocycles. The van der Waals surface area contributed by atoms with E-state index in [0.717, 1.165) is 0 Å². The average molecular weight is 330 g/mol. The molecule has 0 radical (unpaired) electrons. The van der Waals surface area contributed by atoms with Crippen LogP contribution in [-0.2, 0) is 6.54 Å². The van der Waals surface area contributed by atoms with Crippen molar-refractivity contribution in [2.24, 2.45) is 0 Å². The van der Waals surface area contributed by atoms with Gasteiger partial charge in [0.15, 0.2) is 5.69 Å². The van der Waals surface area contributed by atoms with Gasteiger partial charge in [0.1, 0.15) is 17.7 Å². The molecule has 0 aliphatic carbocycles. The lowest BCUT2D eigenvalue weighted by molar-refractivity contribution is 0.102. The highest BCUT2D eigenvalue weighted by Gasteiger charge is 2.16. The highest BCUT2D eigenvalue weighted by atomic mass is 19.1. The minimum absolute atomic E-state index is 0.0605. The van der Waals surface area contributed by atoms with E-state index in [1.165, 1.54) is 29.3 Å². The van der Waals surface area contributed by atoms with Crippen LogP contribution in [0.25, 0.3) is 0 Å². The van der Waals surface area contributed by atoms with E-state index >= 15 is 0 Å². The molecule has 1 amide bonds. The van der Waals surface area contributed by atoms with Gasteiger partial charge in [-0.2, -0.15) is 0 Å². The maximum Gasteiger partial charge on any atom is 0.277 e. The molecule has 3 aromatic rings. The van der Waals surface area contributed by atoms with Crippen molar-refractivity contribution in [3.05, 3.63) is 65.6 Å². The van der Waals surface area contributed by atoms with Crippen molar-refractivity contribution in [1.29, 1.82) is 0 Å². The van der Waals surface area contributed by atoms with Crippen LogP contribution in [0.1, 0.15) is 27.9 Å². The topological polar surface area (TPSA) is 93.2 Å². The number of aromatic nitrogens is 3. The number of hydrogen-bond donors (Lipinski definition) is 2. The SMILES string of the molecule is Cc1c(F)cccc1NC(=O)c1cn(CC(O)c2ccco2)nn1. The van der Waals surface area contributed by atoms with Gasteiger partial charge in [-0.3, -0.25) is 4.79 Å². The quantitative estimate of drug-likeness (QED) is 0.749. The van der Waals surface area contributed by atoms with Crippen LogP contribution in [0.5, 0.6) is 0 Å². The Hall–Kier alpha value is -3.00. The Balaban J connectivity index is 1.68. The summed E-state index contributed by atoms with van der Waals surface area (Å²) >= 11 is 0. The van der Waals surface area contributed by atoms with Gasteiger partial charge in [0.2, 0.25) is 0 Å². The van der Waals surface area contributed by atoms with Gasteiger partial charge in [0.05, 0.1) is 19.0 Å². The first-order valence-corrected chi connectivity index (χ1v) is 7.22. The molecule has 2 aromatic heterocycles. The number of halogens is 1. The molecule has 0 fully saturated rings. The van der Waals surface area contributed by atoms with E-state index in [1.54, 1.807) is 25.1 Å². The molecule has 1 atom stereocenters. The number of rotatable bonds is 5. The Bertz CT molecular complexity index is 845. The Morgan fingerprint density at radius 1 is 1.42 bits per heavy atom. The van der Waals surface area contributed by atoms with Gasteiger partial charge in [-0.1, -0.05) is 11.3 Å². The van der Waals surface area contributed by atoms with E-state index in [9.17, 15) is 14.3 Å². The standard InChI is InChI=1S/C16H15FN4O3/c1-10-11(17)4-2-5-12(10)18-16(23)13-8-21(20-19-13)9-14(22)15-6-3-7-24-15/h2-8,14,22H,9H2,1H3,(H,18,23). The molecule has 24 heavy (non-hydrogen) atoms. The van der Waals surface area contributed by atoms with Crippen molar-refractivity contribution < 1.29 is 18.7 Å². The van der Waals surface area contributed by atoms with Crippen molar-refractivity contribution in [2.45, 2.75) is 19.6 Å². The second-order valence-corrected chi connectivity index (χ2v) is 5.22. The summed E-state index contributed by atoms with van der Waals surface area (Å²) < 4.78 is 19.9. The zero-order valence-corrected chi connectivity index (χ0v) is 12.8. The van der Waals surface area contributed by atoms with Crippen LogP contribution in [-0.4, -0.2) is 26.0 Å². The van der Waals surface area contributed by atoms with Gasteiger partial charge in [-0.15, -0.1) is 5.10 Å². The first-order chi connectivity index (χ1) is 11.5. The third-order valence-electron chi connectivity index (χ3n) is 3.52. The van der Waals surface area contributed by atoms with Crippen molar-refractivity contribution in [3.8, 4) is 0 Å². The average Bonchev–Trinajstić information content (AvgIpc) is 3.23. The van der Waals surface area contributed by atoms with E-state index in [2.05, 4.69) is 15.6 Å². The lowest BCUT2D eigenvalue weighted by Gasteiger charge is -2.07. The predicted molar refractivity (Wildman–Crippen MR) is 82.8 cm³/mol. The summed E-state index contributed by atoms with van der Waals surface area (Å²) in [6, 6.07) is 7.73. The number of furan rings is 1. The Labute approximate surface area is 136 Å². The minimum Gasteiger partial charge on any atom is -0.467 e. The molecule has 0 spiro atoms. The van der Waals surface area contributed by atoms with E-state index in [1.807, 2.05) is 0 Å². The molecule has 3 rings (SSSR count). The molecule has 0 aliphatic rings. The number of hydrogen-bond acceptors (Lipinski definition) is 5. The normalized spacial score (nSPS) is 12.1. The molecule has 124 valence electrons. The number of carbonyl (C=O) groups excluding carboxylic acids is 1. The Morgan fingerprint density at radius 3 is 3.00 bits per heavy atom. The summed E-state index contributed by atoms with van der Waals surface area (Å²) in [6.45, 7) is 1.66. The first-order valence-electron chi connectivity index (χ1n) is 7.22. The maximum atomic E-state index is 13.5. The third-order valence-corrected chi connectivity index (χ3v) is 3.52. The number of aliphatic hydroxyl groups is 1. The van der Waals surface area contributed by atoms with E-state index in [0.29, 0.717) is 17.0 Å². The Kier molecular flexibility index (Phi) is 4.39. The molecule has 0 bridgehead atoms. The number of nitrogens with one attached hydrogen (secondary N) is 1. The largest absolute Gasteiger partial charge is 0.467 e. The summed E-state index contributed by atoms with van der Waals surface area (Å²) in [4.78, 5) is 12.2.